The molecule has 0 fully saturated rings. The second kappa shape index (κ2) is 6.44. The molecule has 0 aromatic carbocycles. The van der Waals surface area contributed by atoms with E-state index < -0.39 is 15.9 Å². The van der Waals surface area contributed by atoms with Crippen molar-refractivity contribution in [3.8, 4) is 0 Å². The van der Waals surface area contributed by atoms with E-state index in [0.717, 1.165) is 0 Å². The maximum absolute atomic E-state index is 9.78. The molecular formula is C10H18N2O3S. The number of imidazole rings is 1. The van der Waals surface area contributed by atoms with E-state index in [0.29, 0.717) is 0 Å². The Balaban J connectivity index is 0.000000281. The van der Waals surface area contributed by atoms with Crippen LogP contribution in [0.3, 0.4) is 0 Å². The van der Waals surface area contributed by atoms with Crippen LogP contribution in [0.4, 0.5) is 0 Å². The summed E-state index contributed by atoms with van der Waals surface area (Å²) in [4.78, 5) is 0. The number of hydrogen-bond acceptors (Lipinski definition) is 3. The number of nitrogens with zero attached hydrogens (tertiary/aromatic N) is 2. The summed E-state index contributed by atoms with van der Waals surface area (Å²) >= 11 is 0. The third-order valence-electron chi connectivity index (χ3n) is 2.07. The molecule has 0 saturated carbocycles. The predicted octanol–water partition coefficient (Wildman–Crippen LogP) is 0.266. The summed E-state index contributed by atoms with van der Waals surface area (Å²) < 4.78 is 33.5. The molecule has 0 bridgehead atoms. The van der Waals surface area contributed by atoms with Crippen LogP contribution >= 0.6 is 0 Å². The Morgan fingerprint density at radius 1 is 1.56 bits per heavy atom. The number of aryl methyl sites for hydroxylation is 2. The largest absolute Gasteiger partial charge is 0.748 e. The van der Waals surface area contributed by atoms with Crippen molar-refractivity contribution in [2.75, 3.05) is 5.75 Å². The first-order valence-electron chi connectivity index (χ1n) is 4.80. The highest BCUT2D eigenvalue weighted by molar-refractivity contribution is 7.85. The molecule has 0 aliphatic rings. The van der Waals surface area contributed by atoms with E-state index >= 15 is 0 Å². The third-order valence-corrected chi connectivity index (χ3v) is 2.67. The Bertz CT molecular complexity index is 427. The van der Waals surface area contributed by atoms with Gasteiger partial charge in [-0.15, -0.1) is 0 Å². The Hall–Kier alpha value is -1.14. The zero-order chi connectivity index (χ0) is 12.8. The molecule has 0 unspecified atom stereocenters. The summed E-state index contributed by atoms with van der Waals surface area (Å²) in [5.41, 5.74) is 0. The lowest BCUT2D eigenvalue weighted by atomic mass is 10.6. The molecule has 16 heavy (non-hydrogen) atoms. The smallest absolute Gasteiger partial charge is 0.252 e. The van der Waals surface area contributed by atoms with Gasteiger partial charge in [0.05, 0.1) is 30.0 Å². The number of aromatic nitrogens is 2. The molecule has 1 rings (SSSR count). The molecule has 0 aliphatic carbocycles. The number of allylic oxidation sites excluding steroid dienone is 1. The molecule has 5 nitrogen and oxygen atoms in total. The molecule has 6 heteroatoms. The molecular weight excluding hydrogens is 228 g/mol. The second-order valence-corrected chi connectivity index (χ2v) is 4.81. The SMILES string of the molecule is C/C=C/CS(=O)(=O)[O-].Cc1n(C)cc[n+]1C. The van der Waals surface area contributed by atoms with Crippen molar-refractivity contribution in [2.24, 2.45) is 14.1 Å². The van der Waals surface area contributed by atoms with Gasteiger partial charge >= 0.3 is 0 Å². The van der Waals surface area contributed by atoms with Crippen LogP contribution in [0.15, 0.2) is 24.5 Å². The zero-order valence-corrected chi connectivity index (χ0v) is 10.9. The fourth-order valence-corrected chi connectivity index (χ4v) is 1.31. The number of rotatable bonds is 2. The average Bonchev–Trinajstić information content (AvgIpc) is 2.46. The molecule has 0 aliphatic heterocycles. The summed E-state index contributed by atoms with van der Waals surface area (Å²) in [6, 6.07) is 0. The summed E-state index contributed by atoms with van der Waals surface area (Å²) in [5, 5.41) is 0. The summed E-state index contributed by atoms with van der Waals surface area (Å²) in [6.07, 6.45) is 6.91. The van der Waals surface area contributed by atoms with Gasteiger partial charge in [-0.2, -0.15) is 0 Å². The standard InChI is InChI=1S/C6H11N2.C4H8O3S/c1-6-7(2)4-5-8(6)3;1-2-3-4-8(5,6)7/h4-5H,1-3H3;2-3H,4H2,1H3,(H,5,6,7)/q+1;/p-1/b;3-2+. The van der Waals surface area contributed by atoms with Gasteiger partial charge in [-0.05, 0) is 6.92 Å². The fraction of sp³-hybridized carbons (Fsp3) is 0.500. The molecule has 0 radical (unpaired) electrons. The molecule has 1 aromatic heterocycles. The van der Waals surface area contributed by atoms with Crippen molar-refractivity contribution < 1.29 is 17.5 Å². The van der Waals surface area contributed by atoms with Crippen LogP contribution in [-0.4, -0.2) is 23.3 Å². The maximum atomic E-state index is 9.78. The van der Waals surface area contributed by atoms with Gasteiger partial charge in [-0.1, -0.05) is 12.2 Å². The van der Waals surface area contributed by atoms with Crippen LogP contribution in [0.5, 0.6) is 0 Å². The van der Waals surface area contributed by atoms with Crippen molar-refractivity contribution in [3.05, 3.63) is 30.4 Å². The third kappa shape index (κ3) is 6.36. The quantitative estimate of drug-likeness (QED) is 0.427. The predicted molar refractivity (Wildman–Crippen MR) is 60.7 cm³/mol. The van der Waals surface area contributed by atoms with Gasteiger partial charge in [0.2, 0.25) is 0 Å². The van der Waals surface area contributed by atoms with Crippen molar-refractivity contribution in [3.63, 3.8) is 0 Å². The van der Waals surface area contributed by atoms with Crippen LogP contribution in [0, 0.1) is 6.92 Å². The Morgan fingerprint density at radius 2 is 2.12 bits per heavy atom. The first-order chi connectivity index (χ1) is 7.28. The van der Waals surface area contributed by atoms with Crippen LogP contribution < -0.4 is 4.57 Å². The van der Waals surface area contributed by atoms with E-state index in [1.807, 2.05) is 26.5 Å². The van der Waals surface area contributed by atoms with Crippen LogP contribution in [0.2, 0.25) is 0 Å². The van der Waals surface area contributed by atoms with Crippen LogP contribution in [-0.2, 0) is 24.2 Å². The van der Waals surface area contributed by atoms with Gasteiger partial charge in [0.1, 0.15) is 12.4 Å². The molecule has 0 saturated heterocycles. The van der Waals surface area contributed by atoms with E-state index in [9.17, 15) is 13.0 Å². The molecule has 1 heterocycles. The maximum Gasteiger partial charge on any atom is 0.252 e. The molecule has 92 valence electrons. The Kier molecular flexibility index (Phi) is 5.98. The molecule has 1 aromatic rings. The lowest BCUT2D eigenvalue weighted by Gasteiger charge is -1.99. The Labute approximate surface area is 96.8 Å². The van der Waals surface area contributed by atoms with Gasteiger partial charge in [0.15, 0.2) is 0 Å². The topological polar surface area (TPSA) is 66.0 Å². The lowest BCUT2D eigenvalue weighted by molar-refractivity contribution is -0.677. The summed E-state index contributed by atoms with van der Waals surface area (Å²) in [6.45, 7) is 3.74. The minimum absolute atomic E-state index is 0.399. The summed E-state index contributed by atoms with van der Waals surface area (Å²) in [7, 11) is 0.0510. The minimum Gasteiger partial charge on any atom is -0.748 e. The molecule has 0 atom stereocenters. The first-order valence-corrected chi connectivity index (χ1v) is 6.38. The lowest BCUT2D eigenvalue weighted by Crippen LogP contribution is -2.29. The van der Waals surface area contributed by atoms with Crippen LogP contribution in [0.1, 0.15) is 12.7 Å². The highest BCUT2D eigenvalue weighted by Crippen LogP contribution is 1.84. The second-order valence-electron chi connectivity index (χ2n) is 3.36. The fourth-order valence-electron chi connectivity index (χ4n) is 0.879. The van der Waals surface area contributed by atoms with Crippen molar-refractivity contribution in [1.29, 1.82) is 0 Å². The normalized spacial score (nSPS) is 11.3. The van der Waals surface area contributed by atoms with Gasteiger partial charge in [0, 0.05) is 6.92 Å². The van der Waals surface area contributed by atoms with Crippen molar-refractivity contribution in [2.45, 2.75) is 13.8 Å². The molecule has 0 N–H and O–H groups in total. The molecule has 0 amide bonds. The number of hydrogen-bond donors (Lipinski definition) is 0. The van der Waals surface area contributed by atoms with Gasteiger partial charge in [-0.25, -0.2) is 17.6 Å². The highest BCUT2D eigenvalue weighted by Gasteiger charge is 2.00. The summed E-state index contributed by atoms with van der Waals surface area (Å²) in [5.74, 6) is 0.869. The Morgan fingerprint density at radius 3 is 2.25 bits per heavy atom. The van der Waals surface area contributed by atoms with Gasteiger partial charge in [0.25, 0.3) is 5.82 Å². The van der Waals surface area contributed by atoms with Gasteiger partial charge in [-0.3, -0.25) is 0 Å². The minimum atomic E-state index is -4.02. The molecule has 0 spiro atoms. The highest BCUT2D eigenvalue weighted by atomic mass is 32.2. The van der Waals surface area contributed by atoms with E-state index in [1.165, 1.54) is 18.0 Å². The van der Waals surface area contributed by atoms with Gasteiger partial charge < -0.3 is 4.55 Å². The monoisotopic (exact) mass is 246 g/mol. The van der Waals surface area contributed by atoms with E-state index in [1.54, 1.807) is 6.92 Å². The zero-order valence-electron chi connectivity index (χ0n) is 10.0. The average molecular weight is 246 g/mol. The first kappa shape index (κ1) is 14.9. The van der Waals surface area contributed by atoms with Crippen molar-refractivity contribution in [1.82, 2.24) is 4.57 Å². The van der Waals surface area contributed by atoms with Crippen molar-refractivity contribution >= 4 is 10.1 Å². The van der Waals surface area contributed by atoms with E-state index in [4.69, 9.17) is 0 Å². The van der Waals surface area contributed by atoms with E-state index in [-0.39, 0.29) is 0 Å². The van der Waals surface area contributed by atoms with E-state index in [2.05, 4.69) is 16.1 Å². The van der Waals surface area contributed by atoms with Crippen LogP contribution in [0.25, 0.3) is 0 Å².